The molecule has 17 heavy (non-hydrogen) atoms. The Morgan fingerprint density at radius 3 is 2.41 bits per heavy atom. The van der Waals surface area contributed by atoms with Crippen LogP contribution in [0.3, 0.4) is 0 Å². The summed E-state index contributed by atoms with van der Waals surface area (Å²) < 4.78 is 4.62. The van der Waals surface area contributed by atoms with Crippen LogP contribution in [0.4, 0.5) is 0 Å². The van der Waals surface area contributed by atoms with Crippen molar-refractivity contribution >= 4 is 11.9 Å². The molecule has 0 aliphatic carbocycles. The van der Waals surface area contributed by atoms with E-state index in [1.807, 2.05) is 13.8 Å². The Hall–Kier alpha value is -1.10. The minimum absolute atomic E-state index is 0.0245. The predicted molar refractivity (Wildman–Crippen MR) is 64.5 cm³/mol. The van der Waals surface area contributed by atoms with Crippen LogP contribution in [0, 0.1) is 5.92 Å². The molecule has 1 rings (SSSR count). The zero-order chi connectivity index (χ0) is 12.8. The van der Waals surface area contributed by atoms with Crippen molar-refractivity contribution in [3.05, 3.63) is 0 Å². The van der Waals surface area contributed by atoms with E-state index in [0.29, 0.717) is 0 Å². The van der Waals surface area contributed by atoms with Gasteiger partial charge in [-0.1, -0.05) is 0 Å². The third-order valence-corrected chi connectivity index (χ3v) is 3.12. The molecule has 1 heterocycles. The van der Waals surface area contributed by atoms with Gasteiger partial charge in [-0.2, -0.15) is 0 Å². The van der Waals surface area contributed by atoms with E-state index < -0.39 is 0 Å². The second kappa shape index (κ2) is 6.59. The second-order valence-corrected chi connectivity index (χ2v) is 4.66. The summed E-state index contributed by atoms with van der Waals surface area (Å²) in [6, 6.07) is 0.0245. The fraction of sp³-hybridized carbons (Fsp3) is 0.833. The third kappa shape index (κ3) is 4.00. The van der Waals surface area contributed by atoms with E-state index in [-0.39, 0.29) is 30.4 Å². The van der Waals surface area contributed by atoms with E-state index >= 15 is 0 Å². The molecule has 1 fully saturated rings. The predicted octanol–water partition coefficient (Wildman–Crippen LogP) is 0.396. The van der Waals surface area contributed by atoms with Gasteiger partial charge >= 0.3 is 5.97 Å². The fourth-order valence-electron chi connectivity index (χ4n) is 2.02. The average molecular weight is 242 g/mol. The summed E-state index contributed by atoms with van der Waals surface area (Å²) in [6.45, 7) is 5.64. The minimum atomic E-state index is -0.360. The number of rotatable bonds is 4. The first kappa shape index (κ1) is 14.0. The van der Waals surface area contributed by atoms with Crippen LogP contribution in [0.1, 0.15) is 26.7 Å². The number of esters is 1. The summed E-state index contributed by atoms with van der Waals surface area (Å²) in [5.41, 5.74) is 0. The minimum Gasteiger partial charge on any atom is -0.468 e. The quantitative estimate of drug-likeness (QED) is 0.725. The van der Waals surface area contributed by atoms with E-state index in [1.54, 1.807) is 4.90 Å². The summed E-state index contributed by atoms with van der Waals surface area (Å²) in [6.07, 6.45) is 1.70. The number of hydrogen-bond acceptors (Lipinski definition) is 4. The first-order chi connectivity index (χ1) is 8.06. The molecule has 0 aromatic rings. The van der Waals surface area contributed by atoms with Gasteiger partial charge in [0.25, 0.3) is 0 Å². The Morgan fingerprint density at radius 2 is 1.94 bits per heavy atom. The molecular weight excluding hydrogens is 220 g/mol. The van der Waals surface area contributed by atoms with Crippen LogP contribution in [-0.4, -0.2) is 49.6 Å². The van der Waals surface area contributed by atoms with E-state index in [1.165, 1.54) is 7.11 Å². The molecule has 1 N–H and O–H groups in total. The molecule has 0 saturated carbocycles. The van der Waals surface area contributed by atoms with Crippen LogP contribution in [0.5, 0.6) is 0 Å². The van der Waals surface area contributed by atoms with Crippen LogP contribution >= 0.6 is 0 Å². The molecule has 0 spiro atoms. The summed E-state index contributed by atoms with van der Waals surface area (Å²) in [7, 11) is 1.34. The Morgan fingerprint density at radius 1 is 1.35 bits per heavy atom. The van der Waals surface area contributed by atoms with E-state index in [9.17, 15) is 9.59 Å². The molecule has 0 aromatic heterocycles. The number of nitrogens with one attached hydrogen (secondary N) is 1. The monoisotopic (exact) mass is 242 g/mol. The largest absolute Gasteiger partial charge is 0.468 e. The number of amides is 1. The van der Waals surface area contributed by atoms with Crippen molar-refractivity contribution < 1.29 is 14.3 Å². The van der Waals surface area contributed by atoms with E-state index in [2.05, 4.69) is 10.1 Å². The smallest absolute Gasteiger partial charge is 0.325 e. The highest BCUT2D eigenvalue weighted by atomic mass is 16.5. The van der Waals surface area contributed by atoms with Crippen LogP contribution in [0.15, 0.2) is 0 Å². The lowest BCUT2D eigenvalue weighted by atomic mass is 9.96. The van der Waals surface area contributed by atoms with Crippen LogP contribution < -0.4 is 5.32 Å². The number of nitrogens with zero attached hydrogens (tertiary/aromatic N) is 1. The van der Waals surface area contributed by atoms with Crippen molar-refractivity contribution in [1.29, 1.82) is 0 Å². The molecule has 1 aliphatic heterocycles. The highest BCUT2D eigenvalue weighted by Gasteiger charge is 2.28. The fourth-order valence-corrected chi connectivity index (χ4v) is 2.02. The van der Waals surface area contributed by atoms with Gasteiger partial charge in [0.1, 0.15) is 6.54 Å². The molecule has 0 radical (unpaired) electrons. The van der Waals surface area contributed by atoms with E-state index in [4.69, 9.17) is 0 Å². The molecule has 0 unspecified atom stereocenters. The molecule has 0 aromatic carbocycles. The van der Waals surface area contributed by atoms with Gasteiger partial charge < -0.3 is 15.0 Å². The lowest BCUT2D eigenvalue weighted by Crippen LogP contribution is -2.46. The Kier molecular flexibility index (Phi) is 5.41. The van der Waals surface area contributed by atoms with Crippen molar-refractivity contribution in [2.24, 2.45) is 5.92 Å². The van der Waals surface area contributed by atoms with Gasteiger partial charge in [0.2, 0.25) is 5.91 Å². The number of methoxy groups -OCH3 is 1. The zero-order valence-corrected chi connectivity index (χ0v) is 10.9. The summed E-state index contributed by atoms with van der Waals surface area (Å²) in [4.78, 5) is 25.2. The standard InChI is InChI=1S/C12H22N2O3/c1-9(2)14(8-11(15)17-3)12(16)10-4-6-13-7-5-10/h9-10,13H,4-8H2,1-3H3. The number of carbonyl (C=O) groups is 2. The third-order valence-electron chi connectivity index (χ3n) is 3.12. The zero-order valence-electron chi connectivity index (χ0n) is 10.9. The summed E-state index contributed by atoms with van der Waals surface area (Å²) >= 11 is 0. The highest BCUT2D eigenvalue weighted by Crippen LogP contribution is 2.16. The first-order valence-corrected chi connectivity index (χ1v) is 6.14. The van der Waals surface area contributed by atoms with Gasteiger partial charge in [0.15, 0.2) is 0 Å². The van der Waals surface area contributed by atoms with Gasteiger partial charge in [0, 0.05) is 12.0 Å². The molecule has 1 aliphatic rings. The first-order valence-electron chi connectivity index (χ1n) is 6.14. The second-order valence-electron chi connectivity index (χ2n) is 4.66. The van der Waals surface area contributed by atoms with Crippen LogP contribution in [0.25, 0.3) is 0 Å². The maximum atomic E-state index is 12.3. The van der Waals surface area contributed by atoms with Crippen LogP contribution in [0.2, 0.25) is 0 Å². The van der Waals surface area contributed by atoms with Crippen molar-refractivity contribution in [2.45, 2.75) is 32.7 Å². The molecule has 0 bridgehead atoms. The number of carbonyl (C=O) groups excluding carboxylic acids is 2. The molecule has 5 nitrogen and oxygen atoms in total. The molecule has 98 valence electrons. The van der Waals surface area contributed by atoms with Crippen LogP contribution in [-0.2, 0) is 14.3 Å². The summed E-state index contributed by atoms with van der Waals surface area (Å²) in [5.74, 6) is -0.240. The normalized spacial score (nSPS) is 16.9. The Labute approximate surface area is 102 Å². The Bertz CT molecular complexity index is 273. The maximum Gasteiger partial charge on any atom is 0.325 e. The highest BCUT2D eigenvalue weighted by molar-refractivity contribution is 5.84. The van der Waals surface area contributed by atoms with Gasteiger partial charge in [-0.15, -0.1) is 0 Å². The lowest BCUT2D eigenvalue weighted by Gasteiger charge is -2.31. The number of hydrogen-bond donors (Lipinski definition) is 1. The number of piperidine rings is 1. The number of ether oxygens (including phenoxy) is 1. The average Bonchev–Trinajstić information content (AvgIpc) is 2.35. The SMILES string of the molecule is COC(=O)CN(C(=O)C1CCNCC1)C(C)C. The van der Waals surface area contributed by atoms with Crippen molar-refractivity contribution in [3.8, 4) is 0 Å². The molecule has 1 amide bonds. The molecule has 1 saturated heterocycles. The molecule has 5 heteroatoms. The topological polar surface area (TPSA) is 58.6 Å². The molecular formula is C12H22N2O3. The van der Waals surface area contributed by atoms with Crippen molar-refractivity contribution in [3.63, 3.8) is 0 Å². The van der Waals surface area contributed by atoms with E-state index in [0.717, 1.165) is 25.9 Å². The van der Waals surface area contributed by atoms with Gasteiger partial charge in [-0.05, 0) is 39.8 Å². The van der Waals surface area contributed by atoms with Gasteiger partial charge in [0.05, 0.1) is 7.11 Å². The van der Waals surface area contributed by atoms with Crippen molar-refractivity contribution in [1.82, 2.24) is 10.2 Å². The van der Waals surface area contributed by atoms with Crippen molar-refractivity contribution in [2.75, 3.05) is 26.7 Å². The summed E-state index contributed by atoms with van der Waals surface area (Å²) in [5, 5.41) is 3.23. The Balaban J connectivity index is 2.62. The maximum absolute atomic E-state index is 12.3. The van der Waals surface area contributed by atoms with Gasteiger partial charge in [-0.3, -0.25) is 9.59 Å². The van der Waals surface area contributed by atoms with Gasteiger partial charge in [-0.25, -0.2) is 0 Å². The lowest BCUT2D eigenvalue weighted by molar-refractivity contribution is -0.150. The molecule has 0 atom stereocenters.